The Bertz CT molecular complexity index is 1110. The second-order valence-corrected chi connectivity index (χ2v) is 9.03. The zero-order valence-electron chi connectivity index (χ0n) is 13.7. The smallest absolute Gasteiger partial charge is 0.258 e. The average Bonchev–Trinajstić information content (AvgIpc) is 3.04. The van der Waals surface area contributed by atoms with E-state index in [0.29, 0.717) is 11.8 Å². The van der Waals surface area contributed by atoms with Crippen LogP contribution in [0.25, 0.3) is 4.96 Å². The summed E-state index contributed by atoms with van der Waals surface area (Å²) in [6.07, 6.45) is 4.95. The molecule has 0 saturated heterocycles. The molecule has 5 rings (SSSR count). The lowest BCUT2D eigenvalue weighted by molar-refractivity contribution is 0.635. The van der Waals surface area contributed by atoms with Crippen molar-refractivity contribution in [2.45, 2.75) is 36.2 Å². The van der Waals surface area contributed by atoms with E-state index in [2.05, 4.69) is 37.3 Å². The van der Waals surface area contributed by atoms with Crippen LogP contribution in [0.5, 0.6) is 0 Å². The van der Waals surface area contributed by atoms with Crippen molar-refractivity contribution in [2.24, 2.45) is 0 Å². The van der Waals surface area contributed by atoms with Gasteiger partial charge in [-0.05, 0) is 24.3 Å². The number of rotatable bonds is 6. The first-order chi connectivity index (χ1) is 12.8. The highest BCUT2D eigenvalue weighted by molar-refractivity contribution is 7.98. The summed E-state index contributed by atoms with van der Waals surface area (Å²) < 4.78 is 3.85. The van der Waals surface area contributed by atoms with E-state index >= 15 is 0 Å². The molecule has 1 aliphatic rings. The van der Waals surface area contributed by atoms with Crippen LogP contribution in [-0.4, -0.2) is 24.1 Å². The Morgan fingerprint density at radius 3 is 2.96 bits per heavy atom. The minimum Gasteiger partial charge on any atom is -0.303 e. The third-order valence-corrected chi connectivity index (χ3v) is 6.87. The molecule has 9 heteroatoms. The van der Waals surface area contributed by atoms with Crippen molar-refractivity contribution in [1.82, 2.24) is 24.1 Å². The number of aromatic nitrogens is 5. The second-order valence-electron chi connectivity index (χ2n) is 6.19. The maximum Gasteiger partial charge on any atom is 0.258 e. The summed E-state index contributed by atoms with van der Waals surface area (Å²) in [5.41, 5.74) is 0.751. The van der Waals surface area contributed by atoms with Gasteiger partial charge in [-0.25, -0.2) is 4.98 Å². The molecule has 0 amide bonds. The van der Waals surface area contributed by atoms with Crippen molar-refractivity contribution >= 4 is 39.4 Å². The van der Waals surface area contributed by atoms with Crippen LogP contribution in [0.2, 0.25) is 0 Å². The van der Waals surface area contributed by atoms with Crippen molar-refractivity contribution in [3.8, 4) is 0 Å². The topological polar surface area (TPSA) is 65.1 Å². The minimum absolute atomic E-state index is 0.0334. The number of nitrogens with zero attached hydrogens (tertiary/aromatic N) is 5. The molecule has 1 aliphatic carbocycles. The number of hydrogen-bond donors (Lipinski definition) is 0. The molecule has 1 saturated carbocycles. The summed E-state index contributed by atoms with van der Waals surface area (Å²) >= 11 is 4.83. The van der Waals surface area contributed by atoms with Crippen molar-refractivity contribution < 1.29 is 0 Å². The molecule has 0 atom stereocenters. The van der Waals surface area contributed by atoms with Crippen LogP contribution >= 0.6 is 34.4 Å². The van der Waals surface area contributed by atoms with Gasteiger partial charge in [0.1, 0.15) is 5.82 Å². The first-order valence-electron chi connectivity index (χ1n) is 8.33. The molecule has 0 bridgehead atoms. The predicted molar refractivity (Wildman–Crippen MR) is 104 cm³/mol. The maximum atomic E-state index is 12.1. The van der Waals surface area contributed by atoms with E-state index < -0.39 is 0 Å². The summed E-state index contributed by atoms with van der Waals surface area (Å²) in [6.45, 7) is 0. The van der Waals surface area contributed by atoms with Gasteiger partial charge < -0.3 is 4.57 Å². The highest BCUT2D eigenvalue weighted by Crippen LogP contribution is 2.39. The molecule has 4 aromatic heterocycles. The number of hydrogen-bond acceptors (Lipinski definition) is 7. The van der Waals surface area contributed by atoms with Gasteiger partial charge in [0.15, 0.2) is 10.1 Å². The molecule has 0 unspecified atom stereocenters. The Morgan fingerprint density at radius 1 is 1.23 bits per heavy atom. The number of thiophene rings is 1. The molecule has 0 spiro atoms. The third-order valence-electron chi connectivity index (χ3n) is 4.26. The van der Waals surface area contributed by atoms with Crippen molar-refractivity contribution in [3.05, 3.63) is 61.9 Å². The quantitative estimate of drug-likeness (QED) is 0.462. The van der Waals surface area contributed by atoms with Crippen LogP contribution in [-0.2, 0) is 12.2 Å². The Morgan fingerprint density at radius 2 is 2.15 bits per heavy atom. The van der Waals surface area contributed by atoms with Gasteiger partial charge in [0, 0.05) is 40.7 Å². The van der Waals surface area contributed by atoms with Gasteiger partial charge >= 0.3 is 0 Å². The van der Waals surface area contributed by atoms with Crippen LogP contribution in [0.3, 0.4) is 0 Å². The van der Waals surface area contributed by atoms with E-state index in [9.17, 15) is 4.79 Å². The zero-order valence-corrected chi connectivity index (χ0v) is 16.2. The molecule has 0 aliphatic heterocycles. The van der Waals surface area contributed by atoms with E-state index in [1.807, 2.05) is 5.38 Å². The maximum absolute atomic E-state index is 12.1. The average molecular weight is 402 g/mol. The standard InChI is InChI=1S/C17H15N5OS3/c23-15-8-11(18-16-21(15)5-7-25-16)10-26-17-20-19-14(22(17)12-3-4-12)9-13-2-1-6-24-13/h1-2,5-8,12H,3-4,9-10H2. The highest BCUT2D eigenvalue weighted by atomic mass is 32.2. The van der Waals surface area contributed by atoms with Gasteiger partial charge in [0.05, 0.1) is 5.69 Å². The van der Waals surface area contributed by atoms with E-state index in [1.54, 1.807) is 39.8 Å². The molecule has 1 fully saturated rings. The lowest BCUT2D eigenvalue weighted by Crippen LogP contribution is -2.12. The molecule has 26 heavy (non-hydrogen) atoms. The molecule has 0 aromatic carbocycles. The van der Waals surface area contributed by atoms with Crippen LogP contribution in [0.15, 0.2) is 45.1 Å². The fraction of sp³-hybridized carbons (Fsp3) is 0.294. The van der Waals surface area contributed by atoms with Crippen LogP contribution in [0.1, 0.15) is 35.3 Å². The van der Waals surface area contributed by atoms with Gasteiger partial charge in [0.25, 0.3) is 5.56 Å². The zero-order chi connectivity index (χ0) is 17.5. The second kappa shape index (κ2) is 6.64. The molecule has 0 N–H and O–H groups in total. The first-order valence-corrected chi connectivity index (χ1v) is 11.1. The fourth-order valence-corrected chi connectivity index (χ4v) is 5.25. The van der Waals surface area contributed by atoms with Gasteiger partial charge in [-0.1, -0.05) is 17.8 Å². The molecular formula is C17H15N5OS3. The van der Waals surface area contributed by atoms with Crippen molar-refractivity contribution in [2.75, 3.05) is 0 Å². The molecule has 132 valence electrons. The summed E-state index contributed by atoms with van der Waals surface area (Å²) in [6, 6.07) is 6.33. The predicted octanol–water partition coefficient (Wildman–Crippen LogP) is 3.63. The number of thioether (sulfide) groups is 1. The van der Waals surface area contributed by atoms with Gasteiger partial charge in [-0.15, -0.1) is 32.9 Å². The summed E-state index contributed by atoms with van der Waals surface area (Å²) in [4.78, 5) is 18.7. The van der Waals surface area contributed by atoms with E-state index in [0.717, 1.165) is 28.1 Å². The largest absolute Gasteiger partial charge is 0.303 e. The Balaban J connectivity index is 1.39. The first kappa shape index (κ1) is 16.2. The molecule has 6 nitrogen and oxygen atoms in total. The van der Waals surface area contributed by atoms with Crippen molar-refractivity contribution in [3.63, 3.8) is 0 Å². The number of fused-ring (bicyclic) bond motifs is 1. The fourth-order valence-electron chi connectivity index (χ4n) is 2.90. The van der Waals surface area contributed by atoms with E-state index in [-0.39, 0.29) is 5.56 Å². The van der Waals surface area contributed by atoms with Crippen molar-refractivity contribution in [1.29, 1.82) is 0 Å². The molecule has 4 heterocycles. The van der Waals surface area contributed by atoms with Crippen LogP contribution in [0, 0.1) is 0 Å². The highest BCUT2D eigenvalue weighted by Gasteiger charge is 2.29. The van der Waals surface area contributed by atoms with Gasteiger partial charge in [-0.3, -0.25) is 9.20 Å². The Hall–Kier alpha value is -1.97. The Labute approximate surface area is 161 Å². The Kier molecular flexibility index (Phi) is 4.14. The minimum atomic E-state index is -0.0334. The summed E-state index contributed by atoms with van der Waals surface area (Å²) in [5.74, 6) is 1.65. The SMILES string of the molecule is O=c1cc(CSc2nnc(Cc3cccs3)n2C2CC2)nc2sccn12. The molecule has 4 aromatic rings. The molecular weight excluding hydrogens is 386 g/mol. The van der Waals surface area contributed by atoms with E-state index in [4.69, 9.17) is 0 Å². The van der Waals surface area contributed by atoms with Gasteiger partial charge in [0.2, 0.25) is 0 Å². The van der Waals surface area contributed by atoms with E-state index in [1.165, 1.54) is 29.1 Å². The third kappa shape index (κ3) is 3.10. The lowest BCUT2D eigenvalue weighted by Gasteiger charge is -2.08. The number of thiazole rings is 1. The monoisotopic (exact) mass is 401 g/mol. The lowest BCUT2D eigenvalue weighted by atomic mass is 10.3. The van der Waals surface area contributed by atoms with Crippen LogP contribution in [0.4, 0.5) is 0 Å². The van der Waals surface area contributed by atoms with Gasteiger partial charge in [-0.2, -0.15) is 0 Å². The van der Waals surface area contributed by atoms with Crippen LogP contribution < -0.4 is 5.56 Å². The summed E-state index contributed by atoms with van der Waals surface area (Å²) in [7, 11) is 0. The normalized spacial score (nSPS) is 14.3. The summed E-state index contributed by atoms with van der Waals surface area (Å²) in [5, 5.41) is 13.7. The molecule has 0 radical (unpaired) electrons.